The Hall–Kier alpha value is -2.08. The number of nitrogens with one attached hydrogen (secondary N) is 1. The maximum atomic E-state index is 11.9. The molecule has 0 spiro atoms. The van der Waals surface area contributed by atoms with Gasteiger partial charge in [-0.3, -0.25) is 9.69 Å². The van der Waals surface area contributed by atoms with Gasteiger partial charge in [-0.1, -0.05) is 5.57 Å². The van der Waals surface area contributed by atoms with Crippen molar-refractivity contribution in [2.45, 2.75) is 58.4 Å². The first kappa shape index (κ1) is 21.2. The van der Waals surface area contributed by atoms with Gasteiger partial charge in [-0.2, -0.15) is 0 Å². The van der Waals surface area contributed by atoms with Crippen molar-refractivity contribution in [1.29, 1.82) is 0 Å². The highest BCUT2D eigenvalue weighted by atomic mass is 16.5. The van der Waals surface area contributed by atoms with Gasteiger partial charge in [-0.05, 0) is 64.5 Å². The SMILES string of the molecule is CC(C)=CC(=O)NC1CCC(CCN2CCN(c3nccc4c3CCO4)CC2)CC1. The van der Waals surface area contributed by atoms with Crippen molar-refractivity contribution in [1.82, 2.24) is 15.2 Å². The molecule has 30 heavy (non-hydrogen) atoms. The molecule has 0 bridgehead atoms. The lowest BCUT2D eigenvalue weighted by Crippen LogP contribution is -2.47. The molecule has 0 aromatic carbocycles. The number of fused-ring (bicyclic) bond motifs is 1. The van der Waals surface area contributed by atoms with Crippen molar-refractivity contribution in [3.05, 3.63) is 29.5 Å². The summed E-state index contributed by atoms with van der Waals surface area (Å²) in [6.45, 7) is 10.2. The topological polar surface area (TPSA) is 57.7 Å². The molecule has 1 aliphatic carbocycles. The zero-order valence-electron chi connectivity index (χ0n) is 18.5. The van der Waals surface area contributed by atoms with Crippen LogP contribution in [-0.4, -0.2) is 61.2 Å². The number of anilines is 1. The molecule has 2 fully saturated rings. The average molecular weight is 413 g/mol. The second-order valence-corrected chi connectivity index (χ2v) is 9.27. The summed E-state index contributed by atoms with van der Waals surface area (Å²) in [6, 6.07) is 2.35. The second-order valence-electron chi connectivity index (χ2n) is 9.27. The molecule has 3 heterocycles. The van der Waals surface area contributed by atoms with Gasteiger partial charge in [0.15, 0.2) is 0 Å². The first-order chi connectivity index (χ1) is 14.6. The predicted octanol–water partition coefficient (Wildman–Crippen LogP) is 3.17. The van der Waals surface area contributed by atoms with Crippen LogP contribution in [0.4, 0.5) is 5.82 Å². The van der Waals surface area contributed by atoms with Gasteiger partial charge < -0.3 is 15.0 Å². The first-order valence-corrected chi connectivity index (χ1v) is 11.6. The minimum absolute atomic E-state index is 0.0708. The van der Waals surface area contributed by atoms with E-state index in [2.05, 4.69) is 20.1 Å². The number of pyridine rings is 1. The summed E-state index contributed by atoms with van der Waals surface area (Å²) in [4.78, 5) is 21.6. The molecule has 1 saturated carbocycles. The molecule has 164 valence electrons. The van der Waals surface area contributed by atoms with Crippen LogP contribution in [0.1, 0.15) is 51.5 Å². The fraction of sp³-hybridized carbons (Fsp3) is 0.667. The number of carbonyl (C=O) groups is 1. The predicted molar refractivity (Wildman–Crippen MR) is 120 cm³/mol. The van der Waals surface area contributed by atoms with Gasteiger partial charge in [0, 0.05) is 56.5 Å². The van der Waals surface area contributed by atoms with E-state index < -0.39 is 0 Å². The van der Waals surface area contributed by atoms with Crippen molar-refractivity contribution in [2.24, 2.45) is 5.92 Å². The van der Waals surface area contributed by atoms with Gasteiger partial charge in [0.05, 0.1) is 6.61 Å². The highest BCUT2D eigenvalue weighted by Crippen LogP contribution is 2.32. The number of allylic oxidation sites excluding steroid dienone is 1. The molecule has 6 nitrogen and oxygen atoms in total. The lowest BCUT2D eigenvalue weighted by atomic mass is 9.84. The number of rotatable bonds is 6. The lowest BCUT2D eigenvalue weighted by Gasteiger charge is -2.37. The van der Waals surface area contributed by atoms with Crippen LogP contribution in [-0.2, 0) is 11.2 Å². The van der Waals surface area contributed by atoms with Crippen molar-refractivity contribution >= 4 is 11.7 Å². The molecule has 1 aromatic heterocycles. The summed E-state index contributed by atoms with van der Waals surface area (Å²) in [5, 5.41) is 3.17. The Labute approximate surface area is 180 Å². The molecule has 1 N–H and O–H groups in total. The van der Waals surface area contributed by atoms with Crippen LogP contribution in [0, 0.1) is 5.92 Å². The number of hydrogen-bond acceptors (Lipinski definition) is 5. The van der Waals surface area contributed by atoms with E-state index in [4.69, 9.17) is 4.74 Å². The molecular weight excluding hydrogens is 376 g/mol. The van der Waals surface area contributed by atoms with Gasteiger partial charge in [0.2, 0.25) is 5.91 Å². The molecular formula is C24H36N4O2. The van der Waals surface area contributed by atoms with Crippen LogP contribution < -0.4 is 15.0 Å². The van der Waals surface area contributed by atoms with Crippen LogP contribution in [0.5, 0.6) is 5.75 Å². The van der Waals surface area contributed by atoms with Crippen molar-refractivity contribution in [3.63, 3.8) is 0 Å². The Kier molecular flexibility index (Phi) is 6.93. The quantitative estimate of drug-likeness (QED) is 0.728. The minimum Gasteiger partial charge on any atom is -0.493 e. The van der Waals surface area contributed by atoms with E-state index in [1.165, 1.54) is 31.4 Å². The third-order valence-electron chi connectivity index (χ3n) is 6.74. The van der Waals surface area contributed by atoms with Crippen LogP contribution in [0.15, 0.2) is 23.9 Å². The maximum absolute atomic E-state index is 11.9. The number of hydrogen-bond donors (Lipinski definition) is 1. The van der Waals surface area contributed by atoms with E-state index in [0.29, 0.717) is 6.04 Å². The Morgan fingerprint density at radius 1 is 1.20 bits per heavy atom. The monoisotopic (exact) mass is 412 g/mol. The van der Waals surface area contributed by atoms with Crippen LogP contribution in [0.3, 0.4) is 0 Å². The number of ether oxygens (including phenoxy) is 1. The summed E-state index contributed by atoms with van der Waals surface area (Å²) in [5.74, 6) is 3.03. The summed E-state index contributed by atoms with van der Waals surface area (Å²) < 4.78 is 5.70. The fourth-order valence-corrected chi connectivity index (χ4v) is 5.02. The van der Waals surface area contributed by atoms with Gasteiger partial charge >= 0.3 is 0 Å². The lowest BCUT2D eigenvalue weighted by molar-refractivity contribution is -0.117. The minimum atomic E-state index is 0.0708. The molecule has 1 aromatic rings. The molecule has 1 saturated heterocycles. The van der Waals surface area contributed by atoms with Crippen molar-refractivity contribution in [3.8, 4) is 5.75 Å². The molecule has 3 aliphatic rings. The maximum Gasteiger partial charge on any atom is 0.244 e. The van der Waals surface area contributed by atoms with Crippen molar-refractivity contribution < 1.29 is 9.53 Å². The van der Waals surface area contributed by atoms with E-state index in [1.807, 2.05) is 26.1 Å². The van der Waals surface area contributed by atoms with Crippen molar-refractivity contribution in [2.75, 3.05) is 44.2 Å². The van der Waals surface area contributed by atoms with Crippen LogP contribution in [0.25, 0.3) is 0 Å². The summed E-state index contributed by atoms with van der Waals surface area (Å²) in [7, 11) is 0. The Balaban J connectivity index is 1.16. The summed E-state index contributed by atoms with van der Waals surface area (Å²) >= 11 is 0. The van der Waals surface area contributed by atoms with Crippen LogP contribution in [0.2, 0.25) is 0 Å². The first-order valence-electron chi connectivity index (χ1n) is 11.6. The molecule has 6 heteroatoms. The van der Waals surface area contributed by atoms with Gasteiger partial charge in [0.1, 0.15) is 11.6 Å². The Bertz CT molecular complexity index is 758. The molecule has 0 unspecified atom stereocenters. The fourth-order valence-electron chi connectivity index (χ4n) is 5.02. The van der Waals surface area contributed by atoms with Crippen LogP contribution >= 0.6 is 0 Å². The van der Waals surface area contributed by atoms with E-state index in [-0.39, 0.29) is 5.91 Å². The molecule has 2 aliphatic heterocycles. The number of carbonyl (C=O) groups excluding carboxylic acids is 1. The number of amides is 1. The highest BCUT2D eigenvalue weighted by molar-refractivity contribution is 5.88. The number of nitrogens with zero attached hydrogens (tertiary/aromatic N) is 3. The van der Waals surface area contributed by atoms with Gasteiger partial charge in [-0.25, -0.2) is 4.98 Å². The Morgan fingerprint density at radius 3 is 2.70 bits per heavy atom. The normalized spacial score (nSPS) is 24.1. The number of aromatic nitrogens is 1. The number of piperazine rings is 1. The zero-order chi connectivity index (χ0) is 20.9. The van der Waals surface area contributed by atoms with E-state index >= 15 is 0 Å². The molecule has 0 atom stereocenters. The smallest absolute Gasteiger partial charge is 0.244 e. The van der Waals surface area contributed by atoms with Gasteiger partial charge in [0.25, 0.3) is 0 Å². The third kappa shape index (κ3) is 5.34. The van der Waals surface area contributed by atoms with E-state index in [1.54, 1.807) is 6.08 Å². The molecule has 4 rings (SSSR count). The standard InChI is InChI=1S/C24H36N4O2/c1-18(2)17-23(29)26-20-5-3-19(4-6-20)8-11-27-12-14-28(15-13-27)24-21-9-16-30-22(21)7-10-25-24/h7,10,17,19-20H,3-6,8-9,11-16H2,1-2H3,(H,26,29). The average Bonchev–Trinajstić information content (AvgIpc) is 3.22. The molecule has 1 amide bonds. The van der Waals surface area contributed by atoms with E-state index in [9.17, 15) is 4.79 Å². The van der Waals surface area contributed by atoms with E-state index in [0.717, 1.165) is 75.1 Å². The highest BCUT2D eigenvalue weighted by Gasteiger charge is 2.26. The zero-order valence-corrected chi connectivity index (χ0v) is 18.5. The van der Waals surface area contributed by atoms with Gasteiger partial charge in [-0.15, -0.1) is 0 Å². The summed E-state index contributed by atoms with van der Waals surface area (Å²) in [6.07, 6.45) is 10.6. The molecule has 0 radical (unpaired) electrons. The third-order valence-corrected chi connectivity index (χ3v) is 6.74. The Morgan fingerprint density at radius 2 is 1.97 bits per heavy atom. The summed E-state index contributed by atoms with van der Waals surface area (Å²) in [5.41, 5.74) is 2.35. The second kappa shape index (κ2) is 9.82. The largest absolute Gasteiger partial charge is 0.493 e.